The molecule has 0 radical (unpaired) electrons. The number of nitrogens with zero attached hydrogens (tertiary/aromatic N) is 2. The maximum absolute atomic E-state index is 11.2. The Balaban J connectivity index is 2.30. The SMILES string of the molecule is C/C=C/[C@@H]1[C@@H]2CC[C@H](CN1C(=O)O)N2C(=O)O. The highest BCUT2D eigenvalue weighted by molar-refractivity contribution is 5.70. The second kappa shape index (κ2) is 4.27. The van der Waals surface area contributed by atoms with E-state index in [2.05, 4.69) is 0 Å². The van der Waals surface area contributed by atoms with Gasteiger partial charge in [0.1, 0.15) is 0 Å². The fourth-order valence-electron chi connectivity index (χ4n) is 2.92. The highest BCUT2D eigenvalue weighted by atomic mass is 16.4. The van der Waals surface area contributed by atoms with E-state index >= 15 is 0 Å². The summed E-state index contributed by atoms with van der Waals surface area (Å²) in [7, 11) is 0. The zero-order chi connectivity index (χ0) is 12.6. The molecule has 0 aromatic rings. The van der Waals surface area contributed by atoms with E-state index in [1.165, 1.54) is 9.80 Å². The minimum Gasteiger partial charge on any atom is -0.465 e. The first-order chi connectivity index (χ1) is 8.06. The molecular formula is C11H16N2O4. The van der Waals surface area contributed by atoms with E-state index in [9.17, 15) is 9.59 Å². The van der Waals surface area contributed by atoms with Gasteiger partial charge >= 0.3 is 12.2 Å². The van der Waals surface area contributed by atoms with Crippen molar-refractivity contribution in [2.24, 2.45) is 0 Å². The summed E-state index contributed by atoms with van der Waals surface area (Å²) in [6, 6.07) is -0.777. The summed E-state index contributed by atoms with van der Waals surface area (Å²) in [5.74, 6) is 0. The van der Waals surface area contributed by atoms with Crippen LogP contribution in [0.3, 0.4) is 0 Å². The van der Waals surface area contributed by atoms with Crippen LogP contribution in [0.25, 0.3) is 0 Å². The van der Waals surface area contributed by atoms with Gasteiger partial charge in [0.25, 0.3) is 0 Å². The van der Waals surface area contributed by atoms with E-state index in [0.29, 0.717) is 0 Å². The lowest BCUT2D eigenvalue weighted by molar-refractivity contribution is 0.0390. The minimum atomic E-state index is -0.977. The molecule has 94 valence electrons. The molecule has 6 heteroatoms. The van der Waals surface area contributed by atoms with Gasteiger partial charge in [0.15, 0.2) is 0 Å². The third-order valence-electron chi connectivity index (χ3n) is 3.56. The highest BCUT2D eigenvalue weighted by Crippen LogP contribution is 2.34. The van der Waals surface area contributed by atoms with Crippen molar-refractivity contribution in [3.8, 4) is 0 Å². The molecule has 0 unspecified atom stereocenters. The van der Waals surface area contributed by atoms with Gasteiger partial charge in [-0.05, 0) is 19.8 Å². The van der Waals surface area contributed by atoms with Crippen molar-refractivity contribution >= 4 is 12.2 Å². The smallest absolute Gasteiger partial charge is 0.407 e. The number of hydrogen-bond acceptors (Lipinski definition) is 2. The van der Waals surface area contributed by atoms with Crippen molar-refractivity contribution in [2.75, 3.05) is 6.54 Å². The summed E-state index contributed by atoms with van der Waals surface area (Å²) in [5, 5.41) is 18.3. The number of fused-ring (bicyclic) bond motifs is 2. The number of rotatable bonds is 1. The zero-order valence-corrected chi connectivity index (χ0v) is 9.61. The van der Waals surface area contributed by atoms with Gasteiger partial charge in [-0.3, -0.25) is 9.80 Å². The monoisotopic (exact) mass is 240 g/mol. The first kappa shape index (κ1) is 11.8. The van der Waals surface area contributed by atoms with Gasteiger partial charge in [0.05, 0.1) is 18.1 Å². The minimum absolute atomic E-state index is 0.185. The second-order valence-electron chi connectivity index (χ2n) is 4.44. The molecule has 2 aliphatic heterocycles. The Bertz CT molecular complexity index is 368. The normalized spacial score (nSPS) is 32.2. The molecule has 2 fully saturated rings. The molecule has 2 heterocycles. The Morgan fingerprint density at radius 3 is 2.47 bits per heavy atom. The van der Waals surface area contributed by atoms with Crippen molar-refractivity contribution < 1.29 is 19.8 Å². The molecule has 2 amide bonds. The van der Waals surface area contributed by atoms with Gasteiger partial charge < -0.3 is 10.2 Å². The van der Waals surface area contributed by atoms with Crippen molar-refractivity contribution in [1.29, 1.82) is 0 Å². The van der Waals surface area contributed by atoms with Crippen LogP contribution >= 0.6 is 0 Å². The average molecular weight is 240 g/mol. The fourth-order valence-corrected chi connectivity index (χ4v) is 2.92. The third kappa shape index (κ3) is 1.83. The fraction of sp³-hybridized carbons (Fsp3) is 0.636. The molecule has 0 spiro atoms. The van der Waals surface area contributed by atoms with Crippen LogP contribution in [0.1, 0.15) is 19.8 Å². The Kier molecular flexibility index (Phi) is 2.95. The molecule has 0 saturated carbocycles. The largest absolute Gasteiger partial charge is 0.465 e. The van der Waals surface area contributed by atoms with Gasteiger partial charge in [-0.1, -0.05) is 12.2 Å². The maximum Gasteiger partial charge on any atom is 0.407 e. The van der Waals surface area contributed by atoms with E-state index in [1.807, 2.05) is 6.92 Å². The number of hydrogen-bond donors (Lipinski definition) is 2. The standard InChI is InChI=1S/C11H16N2O4/c1-2-3-8-9-5-4-7(13(9)11(16)17)6-12(8)10(14)15/h2-3,7-9H,4-6H2,1H3,(H,14,15)(H,16,17)/b3-2+/t7-,8-,9+/m1/s1. The molecule has 2 saturated heterocycles. The van der Waals surface area contributed by atoms with Crippen molar-refractivity contribution in [3.63, 3.8) is 0 Å². The lowest BCUT2D eigenvalue weighted by Gasteiger charge is -2.43. The molecule has 2 aliphatic rings. The van der Waals surface area contributed by atoms with E-state index in [1.54, 1.807) is 12.2 Å². The number of piperazine rings is 1. The van der Waals surface area contributed by atoms with Gasteiger partial charge in [-0.25, -0.2) is 9.59 Å². The highest BCUT2D eigenvalue weighted by Gasteiger charge is 2.48. The van der Waals surface area contributed by atoms with Crippen LogP contribution in [-0.2, 0) is 0 Å². The van der Waals surface area contributed by atoms with Gasteiger partial charge in [-0.2, -0.15) is 0 Å². The molecule has 2 N–H and O–H groups in total. The second-order valence-corrected chi connectivity index (χ2v) is 4.44. The van der Waals surface area contributed by atoms with Crippen molar-refractivity contribution in [2.45, 2.75) is 37.9 Å². The summed E-state index contributed by atoms with van der Waals surface area (Å²) in [4.78, 5) is 25.1. The van der Waals surface area contributed by atoms with Crippen molar-refractivity contribution in [3.05, 3.63) is 12.2 Å². The summed E-state index contributed by atoms with van der Waals surface area (Å²) < 4.78 is 0. The van der Waals surface area contributed by atoms with E-state index in [0.717, 1.165) is 12.8 Å². The summed E-state index contributed by atoms with van der Waals surface area (Å²) in [5.41, 5.74) is 0. The summed E-state index contributed by atoms with van der Waals surface area (Å²) >= 11 is 0. The number of amides is 2. The number of allylic oxidation sites excluding steroid dienone is 1. The van der Waals surface area contributed by atoms with Crippen LogP contribution in [0.5, 0.6) is 0 Å². The summed E-state index contributed by atoms with van der Waals surface area (Å²) in [6.07, 6.45) is 3.10. The van der Waals surface area contributed by atoms with Crippen LogP contribution in [0.15, 0.2) is 12.2 Å². The van der Waals surface area contributed by atoms with Crippen LogP contribution in [0.2, 0.25) is 0 Å². The maximum atomic E-state index is 11.2. The molecular weight excluding hydrogens is 224 g/mol. The van der Waals surface area contributed by atoms with Gasteiger partial charge in [-0.15, -0.1) is 0 Å². The molecule has 0 aromatic carbocycles. The number of carbonyl (C=O) groups is 2. The molecule has 6 nitrogen and oxygen atoms in total. The Hall–Kier alpha value is -1.72. The zero-order valence-electron chi connectivity index (χ0n) is 9.61. The Labute approximate surface area is 99.1 Å². The van der Waals surface area contributed by atoms with E-state index < -0.39 is 12.2 Å². The van der Waals surface area contributed by atoms with E-state index in [-0.39, 0.29) is 24.7 Å². The molecule has 2 rings (SSSR count). The average Bonchev–Trinajstić information content (AvgIpc) is 2.58. The van der Waals surface area contributed by atoms with E-state index in [4.69, 9.17) is 10.2 Å². The molecule has 0 aromatic heterocycles. The van der Waals surface area contributed by atoms with Crippen LogP contribution in [0, 0.1) is 0 Å². The predicted octanol–water partition coefficient (Wildman–Crippen LogP) is 1.44. The molecule has 17 heavy (non-hydrogen) atoms. The lowest BCUT2D eigenvalue weighted by atomic mass is 10.0. The van der Waals surface area contributed by atoms with Crippen LogP contribution < -0.4 is 0 Å². The predicted molar refractivity (Wildman–Crippen MR) is 60.0 cm³/mol. The number of likely N-dealkylation sites (tertiary alicyclic amines) is 1. The molecule has 0 aliphatic carbocycles. The summed E-state index contributed by atoms with van der Waals surface area (Å²) in [6.45, 7) is 2.08. The Morgan fingerprint density at radius 2 is 1.94 bits per heavy atom. The van der Waals surface area contributed by atoms with Crippen LogP contribution in [-0.4, -0.2) is 56.9 Å². The first-order valence-electron chi connectivity index (χ1n) is 5.70. The number of carboxylic acid groups (broad SMARTS) is 2. The Morgan fingerprint density at radius 1 is 1.24 bits per heavy atom. The first-order valence-corrected chi connectivity index (χ1v) is 5.70. The van der Waals surface area contributed by atoms with Gasteiger partial charge in [0.2, 0.25) is 0 Å². The molecule has 3 atom stereocenters. The van der Waals surface area contributed by atoms with Crippen molar-refractivity contribution in [1.82, 2.24) is 9.80 Å². The quantitative estimate of drug-likeness (QED) is 0.679. The van der Waals surface area contributed by atoms with Gasteiger partial charge in [0, 0.05) is 6.54 Å². The lowest BCUT2D eigenvalue weighted by Crippen LogP contribution is -2.61. The third-order valence-corrected chi connectivity index (χ3v) is 3.56. The topological polar surface area (TPSA) is 81.1 Å². The molecule has 2 bridgehead atoms. The van der Waals surface area contributed by atoms with Crippen LogP contribution in [0.4, 0.5) is 9.59 Å².